The zero-order valence-corrected chi connectivity index (χ0v) is 14.2. The van der Waals surface area contributed by atoms with Crippen LogP contribution in [0.2, 0.25) is 5.02 Å². The van der Waals surface area contributed by atoms with E-state index in [2.05, 4.69) is 15.5 Å². The number of nitrogens with one attached hydrogen (secondary N) is 1. The third kappa shape index (κ3) is 3.12. The molecule has 1 aromatic heterocycles. The molecule has 2 aromatic rings. The molecule has 0 radical (unpaired) electrons. The average molecular weight is 348 g/mol. The van der Waals surface area contributed by atoms with Crippen molar-refractivity contribution in [2.45, 2.75) is 32.1 Å². The van der Waals surface area contributed by atoms with Gasteiger partial charge in [-0.15, -0.1) is 10.2 Å². The Morgan fingerprint density at radius 2 is 2.13 bits per heavy atom. The van der Waals surface area contributed by atoms with Crippen molar-refractivity contribution in [2.75, 3.05) is 5.32 Å². The Morgan fingerprint density at radius 1 is 1.26 bits per heavy atom. The second-order valence-electron chi connectivity index (χ2n) is 6.58. The minimum Gasteiger partial charge on any atom is -0.301 e. The van der Waals surface area contributed by atoms with Crippen LogP contribution in [-0.4, -0.2) is 16.1 Å². The Bertz CT molecular complexity index is 732. The summed E-state index contributed by atoms with van der Waals surface area (Å²) < 4.78 is 0. The normalized spacial score (nSPS) is 25.7. The van der Waals surface area contributed by atoms with Gasteiger partial charge in [0.1, 0.15) is 0 Å². The van der Waals surface area contributed by atoms with Crippen LogP contribution in [0.5, 0.6) is 0 Å². The molecule has 6 heteroatoms. The lowest BCUT2D eigenvalue weighted by Gasteiger charge is -2.20. The van der Waals surface area contributed by atoms with Crippen molar-refractivity contribution in [2.24, 2.45) is 17.8 Å². The highest BCUT2D eigenvalue weighted by Gasteiger charge is 2.40. The maximum absolute atomic E-state index is 12.3. The highest BCUT2D eigenvalue weighted by atomic mass is 35.5. The zero-order chi connectivity index (χ0) is 15.8. The van der Waals surface area contributed by atoms with Crippen molar-refractivity contribution in [1.29, 1.82) is 0 Å². The molecular weight excluding hydrogens is 330 g/mol. The standard InChI is InChI=1S/C17H18ClN3OS/c18-14-4-2-1-3-13(14)16-20-21-17(23-16)19-15(22)9-12-8-10-5-6-11(12)7-10/h1-4,10-12H,5-9H2,(H,19,21,22)/t10-,11+,12-/m0/s1. The highest BCUT2D eigenvalue weighted by Crippen LogP contribution is 2.49. The monoisotopic (exact) mass is 347 g/mol. The maximum Gasteiger partial charge on any atom is 0.226 e. The van der Waals surface area contributed by atoms with Gasteiger partial charge in [0.05, 0.1) is 5.02 Å². The van der Waals surface area contributed by atoms with E-state index in [1.165, 1.54) is 37.0 Å². The van der Waals surface area contributed by atoms with Crippen molar-refractivity contribution in [1.82, 2.24) is 10.2 Å². The molecule has 1 N–H and O–H groups in total. The molecule has 2 bridgehead atoms. The van der Waals surface area contributed by atoms with Gasteiger partial charge >= 0.3 is 0 Å². The van der Waals surface area contributed by atoms with Gasteiger partial charge in [-0.05, 0) is 43.1 Å². The van der Waals surface area contributed by atoms with Gasteiger partial charge in [-0.3, -0.25) is 4.79 Å². The zero-order valence-electron chi connectivity index (χ0n) is 12.7. The number of nitrogens with zero attached hydrogens (tertiary/aromatic N) is 2. The van der Waals surface area contributed by atoms with Crippen molar-refractivity contribution in [3.05, 3.63) is 29.3 Å². The van der Waals surface area contributed by atoms with Gasteiger partial charge in [0, 0.05) is 12.0 Å². The average Bonchev–Trinajstić information content (AvgIpc) is 3.24. The van der Waals surface area contributed by atoms with Crippen LogP contribution in [0.1, 0.15) is 32.1 Å². The lowest BCUT2D eigenvalue weighted by molar-refractivity contribution is -0.117. The van der Waals surface area contributed by atoms with E-state index in [-0.39, 0.29) is 5.91 Å². The van der Waals surface area contributed by atoms with E-state index in [1.54, 1.807) is 0 Å². The second-order valence-corrected chi connectivity index (χ2v) is 7.96. The fourth-order valence-electron chi connectivity index (χ4n) is 4.05. The lowest BCUT2D eigenvalue weighted by atomic mass is 9.86. The Kier molecular flexibility index (Phi) is 4.07. The summed E-state index contributed by atoms with van der Waals surface area (Å²) in [6.45, 7) is 0. The number of benzene rings is 1. The predicted molar refractivity (Wildman–Crippen MR) is 92.5 cm³/mol. The van der Waals surface area contributed by atoms with E-state index in [4.69, 9.17) is 11.6 Å². The summed E-state index contributed by atoms with van der Waals surface area (Å²) >= 11 is 7.54. The molecule has 4 nitrogen and oxygen atoms in total. The van der Waals surface area contributed by atoms with Gasteiger partial charge < -0.3 is 5.32 Å². The topological polar surface area (TPSA) is 54.9 Å². The molecule has 0 aliphatic heterocycles. The molecule has 2 fully saturated rings. The van der Waals surface area contributed by atoms with Gasteiger partial charge in [-0.2, -0.15) is 0 Å². The molecule has 4 rings (SSSR count). The van der Waals surface area contributed by atoms with Crippen molar-refractivity contribution < 1.29 is 4.79 Å². The van der Waals surface area contributed by atoms with Crippen molar-refractivity contribution in [3.8, 4) is 10.6 Å². The van der Waals surface area contributed by atoms with Crippen molar-refractivity contribution >= 4 is 34.0 Å². The molecule has 23 heavy (non-hydrogen) atoms. The van der Waals surface area contributed by atoms with E-state index in [0.29, 0.717) is 22.5 Å². The predicted octanol–water partition coefficient (Wildman–Crippen LogP) is 4.62. The summed E-state index contributed by atoms with van der Waals surface area (Å²) in [4.78, 5) is 12.3. The second kappa shape index (κ2) is 6.21. The molecule has 2 aliphatic carbocycles. The van der Waals surface area contributed by atoms with E-state index in [1.807, 2.05) is 24.3 Å². The Labute approximate surface area is 144 Å². The van der Waals surface area contributed by atoms with Gasteiger partial charge in [0.25, 0.3) is 0 Å². The quantitative estimate of drug-likeness (QED) is 0.877. The number of carbonyl (C=O) groups excluding carboxylic acids is 1. The van der Waals surface area contributed by atoms with Crippen LogP contribution in [0.25, 0.3) is 10.6 Å². The first-order valence-corrected chi connectivity index (χ1v) is 9.27. The summed E-state index contributed by atoms with van der Waals surface area (Å²) in [5.74, 6) is 2.25. The summed E-state index contributed by atoms with van der Waals surface area (Å²) in [5, 5.41) is 13.0. The number of aromatic nitrogens is 2. The van der Waals surface area contributed by atoms with Crippen LogP contribution in [0.4, 0.5) is 5.13 Å². The van der Waals surface area contributed by atoms with Crippen LogP contribution in [0.15, 0.2) is 24.3 Å². The lowest BCUT2D eigenvalue weighted by Crippen LogP contribution is -2.20. The molecule has 120 valence electrons. The fourth-order valence-corrected chi connectivity index (χ4v) is 5.13. The number of rotatable bonds is 4. The molecule has 0 spiro atoms. The largest absolute Gasteiger partial charge is 0.301 e. The number of halogens is 1. The van der Waals surface area contributed by atoms with Crippen LogP contribution in [0, 0.1) is 17.8 Å². The summed E-state index contributed by atoms with van der Waals surface area (Å²) in [6.07, 6.45) is 5.83. The van der Waals surface area contributed by atoms with Gasteiger partial charge in [0.15, 0.2) is 5.01 Å². The van der Waals surface area contributed by atoms with E-state index < -0.39 is 0 Å². The van der Waals surface area contributed by atoms with Gasteiger partial charge in [-0.25, -0.2) is 0 Å². The number of anilines is 1. The summed E-state index contributed by atoms with van der Waals surface area (Å²) in [6, 6.07) is 7.52. The van der Waals surface area contributed by atoms with Crippen LogP contribution < -0.4 is 5.32 Å². The first-order valence-electron chi connectivity index (χ1n) is 8.07. The number of amides is 1. The van der Waals surface area contributed by atoms with Gasteiger partial charge in [0.2, 0.25) is 11.0 Å². The Balaban J connectivity index is 1.40. The molecule has 0 saturated heterocycles. The molecule has 1 amide bonds. The Morgan fingerprint density at radius 3 is 2.87 bits per heavy atom. The number of fused-ring (bicyclic) bond motifs is 2. The number of carbonyl (C=O) groups is 1. The van der Waals surface area contributed by atoms with Crippen molar-refractivity contribution in [3.63, 3.8) is 0 Å². The smallest absolute Gasteiger partial charge is 0.226 e. The molecule has 3 atom stereocenters. The van der Waals surface area contributed by atoms with E-state index >= 15 is 0 Å². The first kappa shape index (κ1) is 15.1. The van der Waals surface area contributed by atoms with Crippen LogP contribution in [-0.2, 0) is 4.79 Å². The van der Waals surface area contributed by atoms with Crippen LogP contribution >= 0.6 is 22.9 Å². The molecule has 2 aliphatic rings. The number of hydrogen-bond donors (Lipinski definition) is 1. The molecular formula is C17H18ClN3OS. The third-order valence-corrected chi connectivity index (χ3v) is 6.31. The first-order chi connectivity index (χ1) is 11.2. The fraction of sp³-hybridized carbons (Fsp3) is 0.471. The summed E-state index contributed by atoms with van der Waals surface area (Å²) in [7, 11) is 0. The molecule has 2 saturated carbocycles. The maximum atomic E-state index is 12.3. The van der Waals surface area contributed by atoms with E-state index in [0.717, 1.165) is 22.4 Å². The van der Waals surface area contributed by atoms with Gasteiger partial charge in [-0.1, -0.05) is 47.6 Å². The molecule has 0 unspecified atom stereocenters. The highest BCUT2D eigenvalue weighted by molar-refractivity contribution is 7.18. The SMILES string of the molecule is O=C(C[C@@H]1C[C@H]2CC[C@@H]1C2)Nc1nnc(-c2ccccc2Cl)s1. The van der Waals surface area contributed by atoms with E-state index in [9.17, 15) is 4.79 Å². The molecule has 1 heterocycles. The molecule has 1 aromatic carbocycles. The summed E-state index contributed by atoms with van der Waals surface area (Å²) in [5.41, 5.74) is 0.847. The minimum absolute atomic E-state index is 0.0596. The third-order valence-electron chi connectivity index (χ3n) is 5.11. The minimum atomic E-state index is 0.0596. The number of hydrogen-bond acceptors (Lipinski definition) is 4. The Hall–Kier alpha value is -1.46. The van der Waals surface area contributed by atoms with Crippen LogP contribution in [0.3, 0.4) is 0 Å².